The van der Waals surface area contributed by atoms with Gasteiger partial charge in [0.2, 0.25) is 0 Å². The zero-order valence-electron chi connectivity index (χ0n) is 12.2. The molecule has 1 atom stereocenters. The number of aliphatic hydroxyl groups is 1. The molecule has 0 radical (unpaired) electrons. The van der Waals surface area contributed by atoms with Crippen LogP contribution in [-0.4, -0.2) is 5.11 Å². The third-order valence-electron chi connectivity index (χ3n) is 3.30. The molecular formula is C17H23NO2. The van der Waals surface area contributed by atoms with Crippen molar-refractivity contribution >= 4 is 0 Å². The lowest BCUT2D eigenvalue weighted by molar-refractivity contribution is 0.242. The van der Waals surface area contributed by atoms with E-state index in [1.165, 1.54) is 5.56 Å². The van der Waals surface area contributed by atoms with Gasteiger partial charge in [-0.1, -0.05) is 44.2 Å². The van der Waals surface area contributed by atoms with Gasteiger partial charge in [-0.2, -0.15) is 0 Å². The van der Waals surface area contributed by atoms with E-state index in [9.17, 15) is 0 Å². The molecule has 0 aliphatic rings. The van der Waals surface area contributed by atoms with E-state index in [0.717, 1.165) is 12.2 Å². The lowest BCUT2D eigenvalue weighted by atomic mass is 9.97. The normalized spacial score (nSPS) is 12.8. The Bertz CT molecular complexity index is 505. The van der Waals surface area contributed by atoms with Gasteiger partial charge < -0.3 is 14.8 Å². The molecule has 1 aromatic heterocycles. The Morgan fingerprint density at radius 3 is 2.35 bits per heavy atom. The van der Waals surface area contributed by atoms with E-state index in [1.807, 2.05) is 18.2 Å². The molecular weight excluding hydrogens is 250 g/mol. The number of aliphatic hydroxyl groups excluding tert-OH is 1. The predicted molar refractivity (Wildman–Crippen MR) is 80.1 cm³/mol. The Labute approximate surface area is 120 Å². The molecule has 20 heavy (non-hydrogen) atoms. The third-order valence-corrected chi connectivity index (χ3v) is 3.30. The first-order valence-electron chi connectivity index (χ1n) is 7.16. The predicted octanol–water partition coefficient (Wildman–Crippen LogP) is 3.65. The zero-order chi connectivity index (χ0) is 14.4. The monoisotopic (exact) mass is 273 g/mol. The molecule has 2 N–H and O–H groups in total. The Morgan fingerprint density at radius 1 is 1.05 bits per heavy atom. The van der Waals surface area contributed by atoms with Gasteiger partial charge in [-0.25, -0.2) is 0 Å². The average molecular weight is 273 g/mol. The first-order chi connectivity index (χ1) is 9.69. The van der Waals surface area contributed by atoms with Crippen LogP contribution in [0.15, 0.2) is 46.9 Å². The first-order valence-corrected chi connectivity index (χ1v) is 7.16. The maximum atomic E-state index is 9.01. The molecule has 0 saturated heterocycles. The van der Waals surface area contributed by atoms with E-state index >= 15 is 0 Å². The molecule has 2 aromatic rings. The average Bonchev–Trinajstić information content (AvgIpc) is 2.92. The summed E-state index contributed by atoms with van der Waals surface area (Å²) in [4.78, 5) is 0. The maximum Gasteiger partial charge on any atom is 0.129 e. The molecule has 3 nitrogen and oxygen atoms in total. The summed E-state index contributed by atoms with van der Waals surface area (Å²) < 4.78 is 5.51. The topological polar surface area (TPSA) is 45.4 Å². The van der Waals surface area contributed by atoms with Gasteiger partial charge in [0, 0.05) is 6.04 Å². The zero-order valence-corrected chi connectivity index (χ0v) is 12.2. The lowest BCUT2D eigenvalue weighted by Crippen LogP contribution is -2.22. The van der Waals surface area contributed by atoms with Gasteiger partial charge >= 0.3 is 0 Å². The van der Waals surface area contributed by atoms with Crippen molar-refractivity contribution in [2.24, 2.45) is 5.92 Å². The molecule has 0 saturated carbocycles. The molecule has 1 heterocycles. The van der Waals surface area contributed by atoms with Gasteiger partial charge in [-0.05, 0) is 30.0 Å². The van der Waals surface area contributed by atoms with E-state index in [4.69, 9.17) is 9.52 Å². The fourth-order valence-corrected chi connectivity index (χ4v) is 2.32. The van der Waals surface area contributed by atoms with Crippen molar-refractivity contribution in [3.8, 4) is 0 Å². The molecule has 1 unspecified atom stereocenters. The number of benzene rings is 1. The van der Waals surface area contributed by atoms with E-state index in [1.54, 1.807) is 0 Å². The quantitative estimate of drug-likeness (QED) is 0.809. The summed E-state index contributed by atoms with van der Waals surface area (Å²) in [5, 5.41) is 12.6. The second kappa shape index (κ2) is 7.27. The van der Waals surface area contributed by atoms with Crippen molar-refractivity contribution in [3.05, 3.63) is 59.5 Å². The largest absolute Gasteiger partial charge is 0.462 e. The molecule has 0 aliphatic heterocycles. The minimum atomic E-state index is -0.0475. The van der Waals surface area contributed by atoms with Crippen LogP contribution in [0.3, 0.4) is 0 Å². The standard InChI is InChI=1S/C17H23NO2/c1-13(2)10-17(14-6-4-3-5-7-14)18-11-15-8-9-16(12-19)20-15/h3-9,13,17-19H,10-12H2,1-2H3. The Morgan fingerprint density at radius 2 is 1.75 bits per heavy atom. The highest BCUT2D eigenvalue weighted by Gasteiger charge is 2.13. The highest BCUT2D eigenvalue weighted by Crippen LogP contribution is 2.21. The molecule has 0 fully saturated rings. The number of rotatable bonds is 7. The smallest absolute Gasteiger partial charge is 0.129 e. The second-order valence-corrected chi connectivity index (χ2v) is 5.50. The van der Waals surface area contributed by atoms with Gasteiger partial charge in [-0.15, -0.1) is 0 Å². The third kappa shape index (κ3) is 4.22. The summed E-state index contributed by atoms with van der Waals surface area (Å²) in [6.07, 6.45) is 1.08. The number of nitrogens with one attached hydrogen (secondary N) is 1. The summed E-state index contributed by atoms with van der Waals surface area (Å²) in [7, 11) is 0. The minimum Gasteiger partial charge on any atom is -0.462 e. The van der Waals surface area contributed by atoms with Crippen molar-refractivity contribution in [2.45, 2.75) is 39.5 Å². The molecule has 0 spiro atoms. The molecule has 1 aromatic carbocycles. The summed E-state index contributed by atoms with van der Waals surface area (Å²) in [6.45, 7) is 5.09. The summed E-state index contributed by atoms with van der Waals surface area (Å²) in [6, 6.07) is 14.5. The van der Waals surface area contributed by atoms with Crippen molar-refractivity contribution in [3.63, 3.8) is 0 Å². The van der Waals surface area contributed by atoms with Crippen LogP contribution < -0.4 is 5.32 Å². The van der Waals surface area contributed by atoms with E-state index in [-0.39, 0.29) is 6.61 Å². The van der Waals surface area contributed by atoms with Gasteiger partial charge in [0.25, 0.3) is 0 Å². The summed E-state index contributed by atoms with van der Waals surface area (Å²) in [5.41, 5.74) is 1.30. The molecule has 0 aliphatic carbocycles. The van der Waals surface area contributed by atoms with Crippen LogP contribution in [0.2, 0.25) is 0 Å². The minimum absolute atomic E-state index is 0.0475. The lowest BCUT2D eigenvalue weighted by Gasteiger charge is -2.20. The summed E-state index contributed by atoms with van der Waals surface area (Å²) >= 11 is 0. The van der Waals surface area contributed by atoms with Gasteiger partial charge in [0.05, 0.1) is 6.54 Å². The number of furan rings is 1. The van der Waals surface area contributed by atoms with Crippen molar-refractivity contribution in [1.29, 1.82) is 0 Å². The molecule has 3 heteroatoms. The van der Waals surface area contributed by atoms with Gasteiger partial charge in [0.1, 0.15) is 18.1 Å². The van der Waals surface area contributed by atoms with Crippen molar-refractivity contribution < 1.29 is 9.52 Å². The van der Waals surface area contributed by atoms with E-state index in [0.29, 0.717) is 24.3 Å². The van der Waals surface area contributed by atoms with Crippen LogP contribution in [0.5, 0.6) is 0 Å². The second-order valence-electron chi connectivity index (χ2n) is 5.50. The Hall–Kier alpha value is -1.58. The fraction of sp³-hybridized carbons (Fsp3) is 0.412. The van der Waals surface area contributed by atoms with Crippen LogP contribution in [0.1, 0.15) is 43.4 Å². The van der Waals surface area contributed by atoms with Crippen LogP contribution in [0.25, 0.3) is 0 Å². The number of hydrogen-bond acceptors (Lipinski definition) is 3. The van der Waals surface area contributed by atoms with E-state index < -0.39 is 0 Å². The first kappa shape index (κ1) is 14.8. The highest BCUT2D eigenvalue weighted by atomic mass is 16.4. The maximum absolute atomic E-state index is 9.01. The SMILES string of the molecule is CC(C)CC(NCc1ccc(CO)o1)c1ccccc1. The highest BCUT2D eigenvalue weighted by molar-refractivity contribution is 5.19. The van der Waals surface area contributed by atoms with Crippen LogP contribution in [0.4, 0.5) is 0 Å². The fourth-order valence-electron chi connectivity index (χ4n) is 2.32. The van der Waals surface area contributed by atoms with Gasteiger partial charge in [-0.3, -0.25) is 0 Å². The van der Waals surface area contributed by atoms with E-state index in [2.05, 4.69) is 43.4 Å². The van der Waals surface area contributed by atoms with Crippen LogP contribution >= 0.6 is 0 Å². The molecule has 108 valence electrons. The number of hydrogen-bond donors (Lipinski definition) is 2. The summed E-state index contributed by atoms with van der Waals surface area (Å²) in [5.74, 6) is 2.10. The van der Waals surface area contributed by atoms with Crippen LogP contribution in [-0.2, 0) is 13.2 Å². The van der Waals surface area contributed by atoms with Gasteiger partial charge in [0.15, 0.2) is 0 Å². The van der Waals surface area contributed by atoms with Crippen molar-refractivity contribution in [1.82, 2.24) is 5.32 Å². The van der Waals surface area contributed by atoms with Crippen LogP contribution in [0, 0.1) is 5.92 Å². The van der Waals surface area contributed by atoms with Crippen molar-refractivity contribution in [2.75, 3.05) is 0 Å². The molecule has 0 bridgehead atoms. The molecule has 0 amide bonds. The molecule has 2 rings (SSSR count). The Balaban J connectivity index is 2.01. The Kier molecular flexibility index (Phi) is 5.39.